The maximum absolute atomic E-state index is 5.50. The maximum atomic E-state index is 5.50. The average molecular weight is 690 g/mol. The zero-order valence-electron chi connectivity index (χ0n) is 31.7. The summed E-state index contributed by atoms with van der Waals surface area (Å²) < 4.78 is 4.56. The van der Waals surface area contributed by atoms with Crippen LogP contribution in [0.2, 0.25) is 0 Å². The molecule has 4 aromatic heterocycles. The Balaban J connectivity index is 1.33. The molecule has 5 nitrogen and oxygen atoms in total. The highest BCUT2D eigenvalue weighted by atomic mass is 15.3. The Morgan fingerprint density at radius 3 is 1.19 bits per heavy atom. The van der Waals surface area contributed by atoms with Crippen LogP contribution in [0.3, 0.4) is 0 Å². The minimum absolute atomic E-state index is 0.858. The van der Waals surface area contributed by atoms with Gasteiger partial charge in [0.15, 0.2) is 11.6 Å². The Morgan fingerprint density at radius 1 is 0.434 bits per heavy atom. The smallest absolute Gasteiger partial charge is 0.161 e. The number of hydrogen-bond acceptors (Lipinski definition) is 3. The fourth-order valence-electron chi connectivity index (χ4n) is 8.88. The molecule has 0 unspecified atom stereocenters. The van der Waals surface area contributed by atoms with Gasteiger partial charge >= 0.3 is 0 Å². The van der Waals surface area contributed by atoms with Gasteiger partial charge in [0.2, 0.25) is 0 Å². The standard InChI is InChI=1S/C48H43N5/c1-28-22-30(3)43(31(4)23-28)41-26-51-34(7)45(49-47(51)39-20-14-12-18-37(39)41)53(36-16-10-9-11-17-36)46-35(8)52-27-42(44-32(5)24-29(2)25-33(44)6)38-19-13-15-21-40(38)48(52)50-46/h9-27H,1-8H3. The van der Waals surface area contributed by atoms with E-state index in [0.717, 1.165) is 50.8 Å². The second-order valence-corrected chi connectivity index (χ2v) is 14.8. The van der Waals surface area contributed by atoms with Crippen LogP contribution < -0.4 is 4.90 Å². The van der Waals surface area contributed by atoms with E-state index in [1.54, 1.807) is 0 Å². The predicted octanol–water partition coefficient (Wildman–Crippen LogP) is 12.6. The lowest BCUT2D eigenvalue weighted by Gasteiger charge is -2.22. The Bertz CT molecular complexity index is 2700. The molecular weight excluding hydrogens is 647 g/mol. The number of rotatable bonds is 5. The quantitative estimate of drug-likeness (QED) is 0.180. The highest BCUT2D eigenvalue weighted by Crippen LogP contribution is 2.43. The highest BCUT2D eigenvalue weighted by molar-refractivity contribution is 6.06. The fraction of sp³-hybridized carbons (Fsp3) is 0.167. The summed E-state index contributed by atoms with van der Waals surface area (Å²) in [6, 6.07) is 37.0. The molecular formula is C48H43N5. The van der Waals surface area contributed by atoms with Crippen molar-refractivity contribution in [3.8, 4) is 22.3 Å². The van der Waals surface area contributed by atoms with Gasteiger partial charge in [-0.1, -0.05) is 102 Å². The monoisotopic (exact) mass is 689 g/mol. The molecule has 0 radical (unpaired) electrons. The van der Waals surface area contributed by atoms with Crippen molar-refractivity contribution in [2.24, 2.45) is 0 Å². The van der Waals surface area contributed by atoms with Gasteiger partial charge in [0.1, 0.15) is 11.3 Å². The lowest BCUT2D eigenvalue weighted by atomic mass is 9.92. The summed E-state index contributed by atoms with van der Waals surface area (Å²) >= 11 is 0. The van der Waals surface area contributed by atoms with Gasteiger partial charge in [0.25, 0.3) is 0 Å². The molecule has 0 saturated heterocycles. The molecule has 0 bridgehead atoms. The van der Waals surface area contributed by atoms with Gasteiger partial charge in [-0.3, -0.25) is 4.90 Å². The number of fused-ring (bicyclic) bond motifs is 6. The van der Waals surface area contributed by atoms with E-state index in [2.05, 4.69) is 185 Å². The molecule has 0 aliphatic heterocycles. The summed E-state index contributed by atoms with van der Waals surface area (Å²) in [5.74, 6) is 1.72. The van der Waals surface area contributed by atoms with E-state index in [4.69, 9.17) is 9.97 Å². The predicted molar refractivity (Wildman–Crippen MR) is 222 cm³/mol. The third-order valence-corrected chi connectivity index (χ3v) is 11.0. The first kappa shape index (κ1) is 32.7. The maximum Gasteiger partial charge on any atom is 0.161 e. The van der Waals surface area contributed by atoms with Crippen molar-refractivity contribution in [1.29, 1.82) is 0 Å². The normalized spacial score (nSPS) is 11.8. The van der Waals surface area contributed by atoms with Crippen molar-refractivity contribution in [3.05, 3.63) is 160 Å². The molecule has 53 heavy (non-hydrogen) atoms. The van der Waals surface area contributed by atoms with Crippen LogP contribution in [-0.4, -0.2) is 18.8 Å². The van der Waals surface area contributed by atoms with Crippen LogP contribution in [0.1, 0.15) is 44.8 Å². The summed E-state index contributed by atoms with van der Waals surface area (Å²) in [7, 11) is 0. The van der Waals surface area contributed by atoms with E-state index in [1.165, 1.54) is 66.4 Å². The van der Waals surface area contributed by atoms with Gasteiger partial charge in [0, 0.05) is 40.0 Å². The van der Waals surface area contributed by atoms with E-state index in [1.807, 2.05) is 0 Å². The number of aryl methyl sites for hydroxylation is 8. The molecule has 0 N–H and O–H groups in total. The van der Waals surface area contributed by atoms with Crippen molar-refractivity contribution in [3.63, 3.8) is 0 Å². The first-order valence-corrected chi connectivity index (χ1v) is 18.4. The van der Waals surface area contributed by atoms with Crippen LogP contribution in [0.15, 0.2) is 116 Å². The van der Waals surface area contributed by atoms with Gasteiger partial charge in [-0.25, -0.2) is 9.97 Å². The molecule has 9 rings (SSSR count). The van der Waals surface area contributed by atoms with Crippen LogP contribution in [0, 0.1) is 55.4 Å². The molecule has 0 aliphatic carbocycles. The van der Waals surface area contributed by atoms with Crippen molar-refractivity contribution in [1.82, 2.24) is 18.8 Å². The topological polar surface area (TPSA) is 37.8 Å². The third-order valence-electron chi connectivity index (χ3n) is 11.0. The highest BCUT2D eigenvalue weighted by Gasteiger charge is 2.27. The lowest BCUT2D eigenvalue weighted by molar-refractivity contribution is 1.08. The summed E-state index contributed by atoms with van der Waals surface area (Å²) in [4.78, 5) is 13.2. The van der Waals surface area contributed by atoms with Crippen molar-refractivity contribution >= 4 is 50.2 Å². The SMILES string of the molecule is Cc1cc(C)c(-c2cn3c(C)c(N(c4ccccc4)c4nc5c6ccccc6c(-c6c(C)cc(C)cc6C)cn5c4C)nc3c3ccccc23)c(C)c1. The molecule has 9 aromatic rings. The van der Waals surface area contributed by atoms with Crippen LogP contribution in [0.4, 0.5) is 17.3 Å². The number of anilines is 3. The van der Waals surface area contributed by atoms with Gasteiger partial charge < -0.3 is 8.80 Å². The lowest BCUT2D eigenvalue weighted by Crippen LogP contribution is -2.13. The molecule has 0 amide bonds. The summed E-state index contributed by atoms with van der Waals surface area (Å²) in [5, 5.41) is 4.64. The second kappa shape index (κ2) is 12.2. The minimum atomic E-state index is 0.858. The average Bonchev–Trinajstić information content (AvgIpc) is 3.64. The first-order chi connectivity index (χ1) is 25.6. The zero-order valence-corrected chi connectivity index (χ0v) is 31.7. The van der Waals surface area contributed by atoms with E-state index in [-0.39, 0.29) is 0 Å². The molecule has 260 valence electrons. The summed E-state index contributed by atoms with van der Waals surface area (Å²) in [6.07, 6.45) is 4.58. The Labute approximate surface area is 310 Å². The third kappa shape index (κ3) is 5.06. The van der Waals surface area contributed by atoms with E-state index in [9.17, 15) is 0 Å². The Hall–Kier alpha value is -6.20. The largest absolute Gasteiger partial charge is 0.301 e. The van der Waals surface area contributed by atoms with Crippen molar-refractivity contribution in [2.75, 3.05) is 4.90 Å². The van der Waals surface area contributed by atoms with Crippen LogP contribution in [-0.2, 0) is 0 Å². The zero-order chi connectivity index (χ0) is 36.7. The number of nitrogens with zero attached hydrogens (tertiary/aromatic N) is 5. The number of aromatic nitrogens is 4. The summed E-state index contributed by atoms with van der Waals surface area (Å²) in [6.45, 7) is 17.6. The molecule has 5 heteroatoms. The van der Waals surface area contributed by atoms with Crippen molar-refractivity contribution in [2.45, 2.75) is 55.4 Å². The van der Waals surface area contributed by atoms with Gasteiger partial charge in [0.05, 0.1) is 11.4 Å². The molecule has 0 fully saturated rings. The van der Waals surface area contributed by atoms with E-state index < -0.39 is 0 Å². The van der Waals surface area contributed by atoms with E-state index in [0.29, 0.717) is 0 Å². The van der Waals surface area contributed by atoms with Gasteiger partial charge in [-0.05, 0) is 112 Å². The van der Waals surface area contributed by atoms with Crippen LogP contribution >= 0.6 is 0 Å². The molecule has 0 spiro atoms. The molecule has 0 saturated carbocycles. The number of pyridine rings is 2. The first-order valence-electron chi connectivity index (χ1n) is 18.4. The Morgan fingerprint density at radius 2 is 0.792 bits per heavy atom. The molecule has 0 aliphatic rings. The van der Waals surface area contributed by atoms with Crippen LogP contribution in [0.5, 0.6) is 0 Å². The molecule has 4 heterocycles. The molecule has 5 aromatic carbocycles. The second-order valence-electron chi connectivity index (χ2n) is 14.8. The number of hydrogen-bond donors (Lipinski definition) is 0. The number of imidazole rings is 2. The number of benzene rings is 5. The van der Waals surface area contributed by atoms with Crippen molar-refractivity contribution < 1.29 is 0 Å². The minimum Gasteiger partial charge on any atom is -0.301 e. The van der Waals surface area contributed by atoms with Gasteiger partial charge in [-0.15, -0.1) is 0 Å². The fourth-order valence-corrected chi connectivity index (χ4v) is 8.88. The molecule has 0 atom stereocenters. The number of para-hydroxylation sites is 1. The Kier molecular flexibility index (Phi) is 7.53. The van der Waals surface area contributed by atoms with Gasteiger partial charge in [-0.2, -0.15) is 0 Å². The van der Waals surface area contributed by atoms with Crippen LogP contribution in [0.25, 0.3) is 55.1 Å². The van der Waals surface area contributed by atoms with E-state index >= 15 is 0 Å². The summed E-state index contributed by atoms with van der Waals surface area (Å²) in [5.41, 5.74) is 17.6.